The number of aromatic amines is 1. The van der Waals surface area contributed by atoms with Crippen LogP contribution in [0.3, 0.4) is 0 Å². The standard InChI is InChI=1S/C10H7BrN4O3/c11-8-5(2-1-3-12-8)9(16)13-7-4-6(10(17)18)14-15-7/h1-4H,(H,17,18)(H2,13,14,15,16). The molecule has 0 aliphatic heterocycles. The number of carboxylic acids is 1. The number of carbonyl (C=O) groups excluding carboxylic acids is 1. The molecule has 0 fully saturated rings. The molecule has 0 saturated heterocycles. The molecule has 1 amide bonds. The number of aromatic nitrogens is 3. The van der Waals surface area contributed by atoms with Crippen molar-refractivity contribution >= 4 is 33.6 Å². The molecule has 0 unspecified atom stereocenters. The number of nitrogens with one attached hydrogen (secondary N) is 2. The highest BCUT2D eigenvalue weighted by molar-refractivity contribution is 9.10. The predicted molar refractivity (Wildman–Crippen MR) is 65.4 cm³/mol. The zero-order valence-corrected chi connectivity index (χ0v) is 10.4. The Balaban J connectivity index is 2.16. The van der Waals surface area contributed by atoms with E-state index in [2.05, 4.69) is 36.4 Å². The van der Waals surface area contributed by atoms with E-state index >= 15 is 0 Å². The van der Waals surface area contributed by atoms with Gasteiger partial charge in [-0.25, -0.2) is 9.78 Å². The number of nitrogens with zero attached hydrogens (tertiary/aromatic N) is 2. The number of H-pyrrole nitrogens is 1. The molecule has 0 radical (unpaired) electrons. The molecular weight excluding hydrogens is 304 g/mol. The fourth-order valence-corrected chi connectivity index (χ4v) is 1.66. The first-order chi connectivity index (χ1) is 8.58. The van der Waals surface area contributed by atoms with Gasteiger partial charge in [0, 0.05) is 12.3 Å². The molecule has 0 atom stereocenters. The first-order valence-corrected chi connectivity index (χ1v) is 5.58. The van der Waals surface area contributed by atoms with E-state index in [1.807, 2.05) is 0 Å². The minimum absolute atomic E-state index is 0.101. The van der Waals surface area contributed by atoms with Crippen molar-refractivity contribution in [1.29, 1.82) is 0 Å². The van der Waals surface area contributed by atoms with Crippen molar-refractivity contribution in [1.82, 2.24) is 15.2 Å². The molecule has 2 rings (SSSR count). The van der Waals surface area contributed by atoms with E-state index in [9.17, 15) is 9.59 Å². The maximum Gasteiger partial charge on any atom is 0.353 e. The van der Waals surface area contributed by atoms with E-state index in [0.29, 0.717) is 10.2 Å². The fourth-order valence-electron chi connectivity index (χ4n) is 1.23. The van der Waals surface area contributed by atoms with Gasteiger partial charge >= 0.3 is 5.97 Å². The Kier molecular flexibility index (Phi) is 3.38. The largest absolute Gasteiger partial charge is 0.477 e. The summed E-state index contributed by atoms with van der Waals surface area (Å²) in [6.45, 7) is 0. The van der Waals surface area contributed by atoms with Crippen molar-refractivity contribution in [3.05, 3.63) is 40.3 Å². The van der Waals surface area contributed by atoms with Crippen LogP contribution in [0.25, 0.3) is 0 Å². The minimum Gasteiger partial charge on any atom is -0.477 e. The molecule has 3 N–H and O–H groups in total. The van der Waals surface area contributed by atoms with Gasteiger partial charge in [-0.2, -0.15) is 5.10 Å². The van der Waals surface area contributed by atoms with Crippen molar-refractivity contribution in [2.24, 2.45) is 0 Å². The third kappa shape index (κ3) is 2.54. The molecule has 0 bridgehead atoms. The number of hydrogen-bond donors (Lipinski definition) is 3. The van der Waals surface area contributed by atoms with Crippen LogP contribution in [0.5, 0.6) is 0 Å². The van der Waals surface area contributed by atoms with Crippen LogP contribution in [-0.2, 0) is 0 Å². The topological polar surface area (TPSA) is 108 Å². The Bertz CT molecular complexity index is 611. The van der Waals surface area contributed by atoms with Crippen LogP contribution in [0.1, 0.15) is 20.8 Å². The van der Waals surface area contributed by atoms with Gasteiger partial charge in [0.15, 0.2) is 5.82 Å². The summed E-state index contributed by atoms with van der Waals surface area (Å²) in [5, 5.41) is 17.1. The van der Waals surface area contributed by atoms with E-state index in [0.717, 1.165) is 0 Å². The Hall–Kier alpha value is -2.22. The minimum atomic E-state index is -1.15. The van der Waals surface area contributed by atoms with Gasteiger partial charge in [0.1, 0.15) is 10.3 Å². The van der Waals surface area contributed by atoms with Crippen LogP contribution in [-0.4, -0.2) is 32.2 Å². The van der Waals surface area contributed by atoms with Crippen LogP contribution in [0.15, 0.2) is 29.0 Å². The summed E-state index contributed by atoms with van der Waals surface area (Å²) < 4.78 is 0.400. The molecule has 7 nitrogen and oxygen atoms in total. The summed E-state index contributed by atoms with van der Waals surface area (Å²) in [5.74, 6) is -1.45. The lowest BCUT2D eigenvalue weighted by molar-refractivity contribution is 0.0690. The van der Waals surface area contributed by atoms with Gasteiger partial charge in [-0.3, -0.25) is 9.89 Å². The van der Waals surface area contributed by atoms with E-state index < -0.39 is 11.9 Å². The summed E-state index contributed by atoms with van der Waals surface area (Å²) in [6.07, 6.45) is 1.54. The number of aromatic carboxylic acids is 1. The van der Waals surface area contributed by atoms with E-state index in [4.69, 9.17) is 5.11 Å². The Morgan fingerprint density at radius 3 is 2.83 bits per heavy atom. The number of anilines is 1. The number of hydrogen-bond acceptors (Lipinski definition) is 4. The van der Waals surface area contributed by atoms with Gasteiger partial charge < -0.3 is 10.4 Å². The SMILES string of the molecule is O=C(O)c1cc(NC(=O)c2cccnc2Br)n[nH]1. The summed E-state index contributed by atoms with van der Waals surface area (Å²) in [4.78, 5) is 26.4. The molecule has 0 spiro atoms. The van der Waals surface area contributed by atoms with Crippen LogP contribution in [0, 0.1) is 0 Å². The molecule has 8 heteroatoms. The maximum atomic E-state index is 11.8. The highest BCUT2D eigenvalue weighted by atomic mass is 79.9. The van der Waals surface area contributed by atoms with E-state index in [1.165, 1.54) is 12.3 Å². The first-order valence-electron chi connectivity index (χ1n) is 4.78. The molecule has 92 valence electrons. The van der Waals surface area contributed by atoms with Crippen molar-refractivity contribution in [3.8, 4) is 0 Å². The van der Waals surface area contributed by atoms with Gasteiger partial charge in [0.05, 0.1) is 5.56 Å². The third-order valence-electron chi connectivity index (χ3n) is 2.05. The molecule has 0 saturated carbocycles. The number of halogens is 1. The monoisotopic (exact) mass is 310 g/mol. The highest BCUT2D eigenvalue weighted by Crippen LogP contribution is 2.14. The second-order valence-electron chi connectivity index (χ2n) is 3.27. The first kappa shape index (κ1) is 12.2. The van der Waals surface area contributed by atoms with Crippen molar-refractivity contribution in [2.45, 2.75) is 0 Å². The van der Waals surface area contributed by atoms with Crippen LogP contribution >= 0.6 is 15.9 Å². The van der Waals surface area contributed by atoms with Gasteiger partial charge in [-0.1, -0.05) is 0 Å². The van der Waals surface area contributed by atoms with Gasteiger partial charge in [-0.15, -0.1) is 0 Å². The Morgan fingerprint density at radius 2 is 2.22 bits per heavy atom. The molecule has 0 aromatic carbocycles. The van der Waals surface area contributed by atoms with Crippen LogP contribution in [0.2, 0.25) is 0 Å². The van der Waals surface area contributed by atoms with Crippen LogP contribution in [0.4, 0.5) is 5.82 Å². The molecule has 2 aromatic heterocycles. The van der Waals surface area contributed by atoms with E-state index in [-0.39, 0.29) is 11.5 Å². The molecule has 18 heavy (non-hydrogen) atoms. The zero-order chi connectivity index (χ0) is 13.1. The van der Waals surface area contributed by atoms with Crippen molar-refractivity contribution < 1.29 is 14.7 Å². The average Bonchev–Trinajstić information content (AvgIpc) is 2.78. The maximum absolute atomic E-state index is 11.8. The molecule has 2 heterocycles. The number of rotatable bonds is 3. The second kappa shape index (κ2) is 4.96. The number of pyridine rings is 1. The number of carboxylic acid groups (broad SMARTS) is 1. The van der Waals surface area contributed by atoms with Gasteiger partial charge in [-0.05, 0) is 28.1 Å². The zero-order valence-electron chi connectivity index (χ0n) is 8.85. The lowest BCUT2D eigenvalue weighted by Crippen LogP contribution is -2.13. The highest BCUT2D eigenvalue weighted by Gasteiger charge is 2.13. The molecule has 2 aromatic rings. The summed E-state index contributed by atoms with van der Waals surface area (Å²) in [6, 6.07) is 4.43. The number of carbonyl (C=O) groups is 2. The Morgan fingerprint density at radius 1 is 1.44 bits per heavy atom. The fraction of sp³-hybridized carbons (Fsp3) is 0. The average molecular weight is 311 g/mol. The Labute approximate surface area is 109 Å². The van der Waals surface area contributed by atoms with Crippen molar-refractivity contribution in [3.63, 3.8) is 0 Å². The van der Waals surface area contributed by atoms with Gasteiger partial charge in [0.25, 0.3) is 5.91 Å². The lowest BCUT2D eigenvalue weighted by atomic mass is 10.3. The molecular formula is C10H7BrN4O3. The smallest absolute Gasteiger partial charge is 0.353 e. The normalized spacial score (nSPS) is 10.1. The van der Waals surface area contributed by atoms with Crippen molar-refractivity contribution in [2.75, 3.05) is 5.32 Å². The predicted octanol–water partition coefficient (Wildman–Crippen LogP) is 1.52. The van der Waals surface area contributed by atoms with Crippen LogP contribution < -0.4 is 5.32 Å². The molecule has 0 aliphatic carbocycles. The summed E-state index contributed by atoms with van der Waals surface area (Å²) in [7, 11) is 0. The quantitative estimate of drug-likeness (QED) is 0.745. The van der Waals surface area contributed by atoms with E-state index in [1.54, 1.807) is 12.1 Å². The molecule has 0 aliphatic rings. The lowest BCUT2D eigenvalue weighted by Gasteiger charge is -2.02. The van der Waals surface area contributed by atoms with Gasteiger partial charge in [0.2, 0.25) is 0 Å². The third-order valence-corrected chi connectivity index (χ3v) is 2.69. The second-order valence-corrected chi connectivity index (χ2v) is 4.02. The summed E-state index contributed by atoms with van der Waals surface area (Å²) >= 11 is 3.14. The summed E-state index contributed by atoms with van der Waals surface area (Å²) in [5.41, 5.74) is 0.230. The number of amides is 1.